The number of nitrogens with zero attached hydrogens (tertiary/aromatic N) is 4. The molecule has 0 spiro atoms. The average Bonchev–Trinajstić information content (AvgIpc) is 3.36. The van der Waals surface area contributed by atoms with E-state index in [4.69, 9.17) is 24.3 Å². The normalized spacial score (nSPS) is 16.1. The molecule has 3 aromatic rings. The minimum Gasteiger partial charge on any atom is -0.462 e. The Labute approximate surface area is 237 Å². The third-order valence-corrected chi connectivity index (χ3v) is 7.33. The highest BCUT2D eigenvalue weighted by Gasteiger charge is 2.35. The van der Waals surface area contributed by atoms with Gasteiger partial charge >= 0.3 is 13.7 Å². The number of hydrogen-bond acceptors (Lipinski definition) is 12. The number of aliphatic hydroxyl groups excluding tert-OH is 1. The van der Waals surface area contributed by atoms with E-state index in [0.717, 1.165) is 0 Å². The molecule has 0 radical (unpaired) electrons. The summed E-state index contributed by atoms with van der Waals surface area (Å²) in [6.07, 6.45) is -2.39. The molecule has 0 saturated carbocycles. The molecule has 1 aromatic carbocycles. The summed E-state index contributed by atoms with van der Waals surface area (Å²) in [5, 5.41) is 15.9. The van der Waals surface area contributed by atoms with E-state index in [9.17, 15) is 18.9 Å². The second kappa shape index (κ2) is 14.5. The lowest BCUT2D eigenvalue weighted by atomic mass is 10.2. The van der Waals surface area contributed by atoms with Gasteiger partial charge in [-0.1, -0.05) is 25.1 Å². The zero-order valence-electron chi connectivity index (χ0n) is 23.6. The van der Waals surface area contributed by atoms with Crippen LogP contribution in [0.4, 0.5) is 16.2 Å². The number of ether oxygens (including phenoxy) is 2. The molecular weight excluding hydrogens is 560 g/mol. The van der Waals surface area contributed by atoms with Gasteiger partial charge in [0, 0.05) is 7.05 Å². The molecular formula is C25H37FN7O7P. The lowest BCUT2D eigenvalue weighted by Crippen LogP contribution is -2.39. The van der Waals surface area contributed by atoms with Gasteiger partial charge in [0.2, 0.25) is 5.95 Å². The summed E-state index contributed by atoms with van der Waals surface area (Å²) in [5.74, 6) is -0.0974. The van der Waals surface area contributed by atoms with Crippen molar-refractivity contribution in [3.63, 3.8) is 0 Å². The lowest BCUT2D eigenvalue weighted by molar-refractivity contribution is -0.149. The van der Waals surface area contributed by atoms with Crippen molar-refractivity contribution in [2.75, 3.05) is 31.4 Å². The van der Waals surface area contributed by atoms with Gasteiger partial charge in [-0.05, 0) is 39.3 Å². The zero-order chi connectivity index (χ0) is 30.2. The predicted octanol–water partition coefficient (Wildman–Crippen LogP) is 3.21. The number of benzene rings is 1. The van der Waals surface area contributed by atoms with Crippen molar-refractivity contribution >= 4 is 36.6 Å². The first kappa shape index (κ1) is 32.2. The molecule has 2 aromatic heterocycles. The first-order chi connectivity index (χ1) is 19.5. The van der Waals surface area contributed by atoms with Crippen LogP contribution in [-0.2, 0) is 23.4 Å². The fraction of sp³-hybridized carbons (Fsp3) is 0.520. The van der Waals surface area contributed by atoms with Crippen LogP contribution in [0.15, 0.2) is 36.7 Å². The maximum absolute atomic E-state index is 13.8. The smallest absolute Gasteiger partial charge is 0.459 e. The summed E-state index contributed by atoms with van der Waals surface area (Å²) in [5.41, 5.74) is 6.62. The fourth-order valence-electron chi connectivity index (χ4n) is 3.73. The summed E-state index contributed by atoms with van der Waals surface area (Å²) in [6.45, 7) is 4.83. The predicted molar refractivity (Wildman–Crippen MR) is 150 cm³/mol. The van der Waals surface area contributed by atoms with Crippen LogP contribution in [0.5, 0.6) is 5.75 Å². The topological polar surface area (TPSA) is 185 Å². The third kappa shape index (κ3) is 8.57. The zero-order valence-corrected chi connectivity index (χ0v) is 24.5. The molecule has 41 heavy (non-hydrogen) atoms. The van der Waals surface area contributed by atoms with Crippen LogP contribution >= 0.6 is 7.75 Å². The molecule has 14 nitrogen and oxygen atoms in total. The van der Waals surface area contributed by atoms with Crippen LogP contribution in [0.2, 0.25) is 0 Å². The van der Waals surface area contributed by atoms with E-state index in [0.29, 0.717) is 23.4 Å². The number of hydrogen-bond donors (Lipinski definition) is 4. The molecule has 16 heteroatoms. The molecule has 0 fully saturated rings. The number of carbonyl (C=O) groups is 1. The number of nitrogens with two attached hydrogens (primary N) is 1. The molecule has 0 aliphatic rings. The maximum Gasteiger partial charge on any atom is 0.459 e. The van der Waals surface area contributed by atoms with Crippen molar-refractivity contribution in [2.45, 2.75) is 64.7 Å². The van der Waals surface area contributed by atoms with Gasteiger partial charge in [-0.15, -0.1) is 0 Å². The molecule has 0 saturated heterocycles. The number of carbonyl (C=O) groups excluding carboxylic acids is 1. The summed E-state index contributed by atoms with van der Waals surface area (Å²) < 4.78 is 51.6. The minimum atomic E-state index is -4.30. The van der Waals surface area contributed by atoms with E-state index in [2.05, 4.69) is 25.4 Å². The van der Waals surface area contributed by atoms with Crippen molar-refractivity contribution in [1.29, 1.82) is 0 Å². The highest BCUT2D eigenvalue weighted by Crippen LogP contribution is 2.45. The Morgan fingerprint density at radius 3 is 2.54 bits per heavy atom. The minimum absolute atomic E-state index is 0.00248. The molecule has 0 aliphatic carbocycles. The van der Waals surface area contributed by atoms with Gasteiger partial charge in [0.25, 0.3) is 0 Å². The van der Waals surface area contributed by atoms with E-state index in [1.165, 1.54) is 13.3 Å². The highest BCUT2D eigenvalue weighted by atomic mass is 31.2. The van der Waals surface area contributed by atoms with Crippen LogP contribution in [0.3, 0.4) is 0 Å². The van der Waals surface area contributed by atoms with Gasteiger partial charge in [-0.2, -0.15) is 15.1 Å². The van der Waals surface area contributed by atoms with Gasteiger partial charge in [-0.25, -0.2) is 13.9 Å². The van der Waals surface area contributed by atoms with Crippen molar-refractivity contribution in [3.05, 3.63) is 36.7 Å². The Kier molecular flexibility index (Phi) is 11.4. The molecule has 5 N–H and O–H groups in total. The van der Waals surface area contributed by atoms with Crippen LogP contribution in [0.25, 0.3) is 11.2 Å². The molecule has 1 unspecified atom stereocenters. The Balaban J connectivity index is 1.85. The van der Waals surface area contributed by atoms with Gasteiger partial charge in [0.1, 0.15) is 36.9 Å². The summed E-state index contributed by atoms with van der Waals surface area (Å²) in [6, 6.07) is 7.05. The molecule has 226 valence electrons. The number of imidazole rings is 1. The van der Waals surface area contributed by atoms with Crippen LogP contribution in [0.1, 0.15) is 40.3 Å². The molecule has 0 amide bonds. The van der Waals surface area contributed by atoms with E-state index < -0.39 is 57.6 Å². The van der Waals surface area contributed by atoms with E-state index in [1.54, 1.807) is 62.7 Å². The monoisotopic (exact) mass is 597 g/mol. The Morgan fingerprint density at radius 1 is 1.22 bits per heavy atom. The number of halogens is 1. The first-order valence-electron chi connectivity index (χ1n) is 13.0. The van der Waals surface area contributed by atoms with Crippen LogP contribution in [0, 0.1) is 0 Å². The number of aliphatic hydroxyl groups is 1. The number of fused-ring (bicyclic) bond motifs is 1. The number of para-hydroxylation sites is 1. The molecule has 0 aliphatic heterocycles. The average molecular weight is 598 g/mol. The SMILES string of the molecule is CC[C@@H](O[C@H](COP(=O)(N[C@@H](C)C(=O)OC(C)C)Oc1ccccc1)[C@@H](O)CF)n1cnc2c(NC)nc(N)nc21. The lowest BCUT2D eigenvalue weighted by Gasteiger charge is -2.29. The first-order valence-corrected chi connectivity index (χ1v) is 14.6. The standard InChI is InChI=1S/C25H37FN7O7P/c1-6-20(33-14-29-21-22(28-5)30-25(27)31-23(21)33)39-19(18(34)12-26)13-37-41(36,40-17-10-8-7-9-11-17)32-16(4)24(35)38-15(2)3/h7-11,14-16,18-20,34H,6,12-13H2,1-5H3,(H,32,36)(H3,27,28,30,31)/t16-,18-,19+,20+,41?/m0/s1. The summed E-state index contributed by atoms with van der Waals surface area (Å²) >= 11 is 0. The number of aromatic nitrogens is 4. The molecule has 3 rings (SSSR count). The fourth-order valence-corrected chi connectivity index (χ4v) is 5.23. The maximum atomic E-state index is 13.8. The number of nitrogen functional groups attached to an aromatic ring is 1. The van der Waals surface area contributed by atoms with Gasteiger partial charge in [-0.3, -0.25) is 13.9 Å². The van der Waals surface area contributed by atoms with Gasteiger partial charge < -0.3 is 30.2 Å². The largest absolute Gasteiger partial charge is 0.462 e. The number of anilines is 2. The van der Waals surface area contributed by atoms with Crippen LogP contribution < -0.4 is 20.7 Å². The van der Waals surface area contributed by atoms with E-state index >= 15 is 0 Å². The summed E-state index contributed by atoms with van der Waals surface area (Å²) in [7, 11) is -2.64. The van der Waals surface area contributed by atoms with E-state index in [1.807, 2.05) is 0 Å². The Bertz CT molecular complexity index is 1330. The highest BCUT2D eigenvalue weighted by molar-refractivity contribution is 7.52. The van der Waals surface area contributed by atoms with Gasteiger partial charge in [0.15, 0.2) is 17.0 Å². The van der Waals surface area contributed by atoms with E-state index in [-0.39, 0.29) is 11.7 Å². The summed E-state index contributed by atoms with van der Waals surface area (Å²) in [4.78, 5) is 25.1. The van der Waals surface area contributed by atoms with Crippen molar-refractivity contribution in [3.8, 4) is 5.75 Å². The number of nitrogens with one attached hydrogen (secondary N) is 2. The van der Waals surface area contributed by atoms with Crippen LogP contribution in [-0.4, -0.2) is 75.3 Å². The number of rotatable bonds is 16. The van der Waals surface area contributed by atoms with Gasteiger partial charge in [0.05, 0.1) is 19.0 Å². The molecule has 2 heterocycles. The molecule has 5 atom stereocenters. The van der Waals surface area contributed by atoms with Crippen molar-refractivity contribution in [2.24, 2.45) is 0 Å². The van der Waals surface area contributed by atoms with Crippen molar-refractivity contribution in [1.82, 2.24) is 24.6 Å². The Morgan fingerprint density at radius 2 is 1.93 bits per heavy atom. The number of alkyl halides is 1. The second-order valence-corrected chi connectivity index (χ2v) is 11.0. The second-order valence-electron chi connectivity index (χ2n) is 9.30. The number of esters is 1. The third-order valence-electron chi connectivity index (χ3n) is 5.69. The Hall–Kier alpha value is -3.36. The quantitative estimate of drug-likeness (QED) is 0.139. The van der Waals surface area contributed by atoms with Crippen molar-refractivity contribution < 1.29 is 37.4 Å². The molecule has 0 bridgehead atoms.